The van der Waals surface area contributed by atoms with Gasteiger partial charge in [-0.3, -0.25) is 14.5 Å². The van der Waals surface area contributed by atoms with E-state index in [1.165, 1.54) is 6.92 Å². The Bertz CT molecular complexity index is 861. The second-order valence-corrected chi connectivity index (χ2v) is 7.35. The molecule has 1 heterocycles. The molecular weight excluding hydrogens is 380 g/mol. The number of rotatable bonds is 7. The first kappa shape index (κ1) is 21.6. The Balaban J connectivity index is 1.54. The van der Waals surface area contributed by atoms with Crippen LogP contribution >= 0.6 is 0 Å². The van der Waals surface area contributed by atoms with Gasteiger partial charge in [0.25, 0.3) is 0 Å². The summed E-state index contributed by atoms with van der Waals surface area (Å²) in [6, 6.07) is 15.0. The Morgan fingerprint density at radius 3 is 2.17 bits per heavy atom. The fraction of sp³-hybridized carbons (Fsp3) is 0.391. The third-order valence-corrected chi connectivity index (χ3v) is 5.22. The highest BCUT2D eigenvalue weighted by Crippen LogP contribution is 2.29. The van der Waals surface area contributed by atoms with Crippen LogP contribution in [0.25, 0.3) is 0 Å². The quantitative estimate of drug-likeness (QED) is 0.733. The highest BCUT2D eigenvalue weighted by molar-refractivity contribution is 5.95. The van der Waals surface area contributed by atoms with Gasteiger partial charge in [0, 0.05) is 44.5 Å². The van der Waals surface area contributed by atoms with Crippen molar-refractivity contribution >= 4 is 28.9 Å². The molecule has 0 unspecified atom stereocenters. The van der Waals surface area contributed by atoms with Crippen molar-refractivity contribution in [3.8, 4) is 5.75 Å². The van der Waals surface area contributed by atoms with Gasteiger partial charge in [-0.15, -0.1) is 0 Å². The van der Waals surface area contributed by atoms with E-state index in [9.17, 15) is 9.59 Å². The summed E-state index contributed by atoms with van der Waals surface area (Å²) in [5, 5.41) is 5.68. The molecular formula is C23H30N4O3. The van der Waals surface area contributed by atoms with Crippen LogP contribution in [0.2, 0.25) is 0 Å². The monoisotopic (exact) mass is 410 g/mol. The molecule has 0 aromatic heterocycles. The van der Waals surface area contributed by atoms with Gasteiger partial charge in [0.1, 0.15) is 5.75 Å². The molecule has 2 aromatic carbocycles. The Hall–Kier alpha value is -3.06. The van der Waals surface area contributed by atoms with Gasteiger partial charge in [0.15, 0.2) is 0 Å². The average Bonchev–Trinajstić information content (AvgIpc) is 2.75. The lowest BCUT2D eigenvalue weighted by Crippen LogP contribution is -2.52. The summed E-state index contributed by atoms with van der Waals surface area (Å²) in [6.07, 6.45) is 0. The fourth-order valence-electron chi connectivity index (χ4n) is 3.60. The van der Waals surface area contributed by atoms with Crippen LogP contribution in [0.5, 0.6) is 5.75 Å². The number of hydrogen-bond acceptors (Lipinski definition) is 5. The van der Waals surface area contributed by atoms with E-state index in [4.69, 9.17) is 4.74 Å². The number of carbonyl (C=O) groups is 2. The zero-order chi connectivity index (χ0) is 21.5. The van der Waals surface area contributed by atoms with Gasteiger partial charge < -0.3 is 20.3 Å². The molecule has 2 aromatic rings. The number of nitrogens with zero attached hydrogens (tertiary/aromatic N) is 2. The third kappa shape index (κ3) is 5.51. The lowest BCUT2D eigenvalue weighted by molar-refractivity contribution is -0.121. The van der Waals surface area contributed by atoms with Gasteiger partial charge in [0.05, 0.1) is 18.3 Å². The van der Waals surface area contributed by atoms with Crippen LogP contribution in [0.3, 0.4) is 0 Å². The van der Waals surface area contributed by atoms with Crippen LogP contribution in [0.4, 0.5) is 17.1 Å². The van der Waals surface area contributed by atoms with Crippen molar-refractivity contribution < 1.29 is 14.3 Å². The smallest absolute Gasteiger partial charge is 0.241 e. The lowest BCUT2D eigenvalue weighted by Gasteiger charge is -2.39. The number of anilines is 3. The normalized spacial score (nSPS) is 15.4. The van der Waals surface area contributed by atoms with Crippen molar-refractivity contribution in [3.63, 3.8) is 0 Å². The number of nitrogens with one attached hydrogen (secondary N) is 2. The minimum absolute atomic E-state index is 0.0366. The Morgan fingerprint density at radius 1 is 0.967 bits per heavy atom. The van der Waals surface area contributed by atoms with Crippen molar-refractivity contribution in [2.45, 2.75) is 26.8 Å². The highest BCUT2D eigenvalue weighted by Gasteiger charge is 2.26. The number of amides is 2. The first-order valence-corrected chi connectivity index (χ1v) is 10.4. The zero-order valence-electron chi connectivity index (χ0n) is 17.9. The SMILES string of the molecule is CCOc1ccccc1N1CCN([C@H](C)C(=O)Nc2ccc(NC(C)=O)cc2)CC1. The molecule has 0 spiro atoms. The number of benzene rings is 2. The Kier molecular flexibility index (Phi) is 7.30. The minimum atomic E-state index is -0.232. The number of ether oxygens (including phenoxy) is 1. The molecule has 30 heavy (non-hydrogen) atoms. The van der Waals surface area contributed by atoms with E-state index in [0.29, 0.717) is 18.0 Å². The molecule has 1 aliphatic heterocycles. The molecule has 0 bridgehead atoms. The maximum atomic E-state index is 12.7. The van der Waals surface area contributed by atoms with Crippen LogP contribution < -0.4 is 20.3 Å². The van der Waals surface area contributed by atoms with Crippen LogP contribution in [-0.4, -0.2) is 55.5 Å². The van der Waals surface area contributed by atoms with Gasteiger partial charge in [-0.1, -0.05) is 12.1 Å². The molecule has 160 valence electrons. The molecule has 7 nitrogen and oxygen atoms in total. The van der Waals surface area contributed by atoms with Crippen molar-refractivity contribution in [1.82, 2.24) is 4.90 Å². The first-order chi connectivity index (χ1) is 14.5. The molecule has 0 aliphatic carbocycles. The van der Waals surface area contributed by atoms with Crippen LogP contribution in [0, 0.1) is 0 Å². The summed E-state index contributed by atoms with van der Waals surface area (Å²) in [5.74, 6) is 0.746. The average molecular weight is 411 g/mol. The van der Waals surface area contributed by atoms with Gasteiger partial charge in [0.2, 0.25) is 11.8 Å². The second-order valence-electron chi connectivity index (χ2n) is 7.35. The number of hydrogen-bond donors (Lipinski definition) is 2. The topological polar surface area (TPSA) is 73.9 Å². The Labute approximate surface area is 178 Å². The van der Waals surface area contributed by atoms with E-state index in [1.54, 1.807) is 24.3 Å². The molecule has 1 aliphatic rings. The fourth-order valence-corrected chi connectivity index (χ4v) is 3.60. The van der Waals surface area contributed by atoms with Crippen LogP contribution in [0.15, 0.2) is 48.5 Å². The molecule has 1 fully saturated rings. The van der Waals surface area contributed by atoms with Gasteiger partial charge in [-0.2, -0.15) is 0 Å². The maximum Gasteiger partial charge on any atom is 0.241 e. The summed E-state index contributed by atoms with van der Waals surface area (Å²) in [7, 11) is 0. The van der Waals surface area contributed by atoms with Crippen molar-refractivity contribution in [2.24, 2.45) is 0 Å². The molecule has 2 amide bonds. The van der Waals surface area contributed by atoms with Gasteiger partial charge in [-0.25, -0.2) is 0 Å². The van der Waals surface area contributed by atoms with Crippen molar-refractivity contribution in [3.05, 3.63) is 48.5 Å². The molecule has 3 rings (SSSR count). The van der Waals surface area contributed by atoms with Crippen molar-refractivity contribution in [1.29, 1.82) is 0 Å². The summed E-state index contributed by atoms with van der Waals surface area (Å²) >= 11 is 0. The van der Waals surface area contributed by atoms with E-state index in [1.807, 2.05) is 32.0 Å². The summed E-state index contributed by atoms with van der Waals surface area (Å²) in [4.78, 5) is 28.3. The lowest BCUT2D eigenvalue weighted by atomic mass is 10.2. The Morgan fingerprint density at radius 2 is 1.57 bits per heavy atom. The van der Waals surface area contributed by atoms with Crippen LogP contribution in [0.1, 0.15) is 20.8 Å². The molecule has 2 N–H and O–H groups in total. The number of carbonyl (C=O) groups excluding carboxylic acids is 2. The predicted molar refractivity (Wildman–Crippen MR) is 120 cm³/mol. The van der Waals surface area contributed by atoms with E-state index in [0.717, 1.165) is 37.6 Å². The van der Waals surface area contributed by atoms with Gasteiger partial charge in [-0.05, 0) is 50.2 Å². The first-order valence-electron chi connectivity index (χ1n) is 10.4. The summed E-state index contributed by atoms with van der Waals surface area (Å²) < 4.78 is 5.76. The maximum absolute atomic E-state index is 12.7. The van der Waals surface area contributed by atoms with E-state index in [-0.39, 0.29) is 17.9 Å². The van der Waals surface area contributed by atoms with E-state index in [2.05, 4.69) is 26.5 Å². The number of piperazine rings is 1. The van der Waals surface area contributed by atoms with E-state index >= 15 is 0 Å². The summed E-state index contributed by atoms with van der Waals surface area (Å²) in [5.41, 5.74) is 2.53. The third-order valence-electron chi connectivity index (χ3n) is 5.22. The standard InChI is InChI=1S/C23H30N4O3/c1-4-30-22-8-6-5-7-21(22)27-15-13-26(14-16-27)17(2)23(29)25-20-11-9-19(10-12-20)24-18(3)28/h5-12,17H,4,13-16H2,1-3H3,(H,24,28)(H,25,29)/t17-/m1/s1. The van der Waals surface area contributed by atoms with Gasteiger partial charge >= 0.3 is 0 Å². The molecule has 0 saturated carbocycles. The molecule has 7 heteroatoms. The minimum Gasteiger partial charge on any atom is -0.492 e. The molecule has 0 radical (unpaired) electrons. The van der Waals surface area contributed by atoms with Crippen molar-refractivity contribution in [2.75, 3.05) is 48.3 Å². The number of para-hydroxylation sites is 2. The zero-order valence-corrected chi connectivity index (χ0v) is 17.9. The predicted octanol–water partition coefficient (Wildman–Crippen LogP) is 3.19. The van der Waals surface area contributed by atoms with Crippen LogP contribution in [-0.2, 0) is 9.59 Å². The van der Waals surface area contributed by atoms with E-state index < -0.39 is 0 Å². The summed E-state index contributed by atoms with van der Waals surface area (Å²) in [6.45, 7) is 9.31. The highest BCUT2D eigenvalue weighted by atomic mass is 16.5. The second kappa shape index (κ2) is 10.1. The largest absolute Gasteiger partial charge is 0.492 e. The molecule has 1 saturated heterocycles. The molecule has 1 atom stereocenters.